The Labute approximate surface area is 133 Å². The molecular formula is C13H13Br2N3O2. The van der Waals surface area contributed by atoms with E-state index in [0.717, 1.165) is 8.95 Å². The van der Waals surface area contributed by atoms with Crippen molar-refractivity contribution in [3.63, 3.8) is 0 Å². The lowest BCUT2D eigenvalue weighted by atomic mass is 9.98. The molecule has 0 aromatic heterocycles. The molecule has 0 fully saturated rings. The molecule has 2 amide bonds. The van der Waals surface area contributed by atoms with Crippen molar-refractivity contribution in [3.8, 4) is 6.07 Å². The van der Waals surface area contributed by atoms with Gasteiger partial charge in [0, 0.05) is 20.9 Å². The first-order valence-corrected chi connectivity index (χ1v) is 7.37. The maximum absolute atomic E-state index is 12.1. The number of rotatable bonds is 5. The van der Waals surface area contributed by atoms with Crippen LogP contribution in [0.15, 0.2) is 27.1 Å². The lowest BCUT2D eigenvalue weighted by Gasteiger charge is -2.20. The van der Waals surface area contributed by atoms with Gasteiger partial charge in [0.05, 0.1) is 6.07 Å². The number of nitrogens with two attached hydrogens (primary N) is 1. The molecular weight excluding hydrogens is 390 g/mol. The fraction of sp³-hybridized carbons (Fsp3) is 0.308. The molecule has 0 aliphatic rings. The van der Waals surface area contributed by atoms with E-state index in [1.54, 1.807) is 25.1 Å². The number of nitriles is 1. The number of halogens is 2. The molecule has 20 heavy (non-hydrogen) atoms. The number of benzene rings is 1. The number of carbonyl (C=O) groups excluding carboxylic acids is 2. The molecule has 0 spiro atoms. The van der Waals surface area contributed by atoms with Crippen molar-refractivity contribution < 1.29 is 9.59 Å². The van der Waals surface area contributed by atoms with Gasteiger partial charge in [0.15, 0.2) is 0 Å². The lowest BCUT2D eigenvalue weighted by Crippen LogP contribution is -2.48. The molecule has 2 atom stereocenters. The zero-order valence-electron chi connectivity index (χ0n) is 10.7. The average Bonchev–Trinajstić information content (AvgIpc) is 2.34. The zero-order chi connectivity index (χ0) is 15.3. The van der Waals surface area contributed by atoms with Crippen LogP contribution in [0.5, 0.6) is 0 Å². The summed E-state index contributed by atoms with van der Waals surface area (Å²) in [4.78, 5) is 23.5. The molecule has 0 saturated carbocycles. The van der Waals surface area contributed by atoms with Gasteiger partial charge in [-0.05, 0) is 24.1 Å². The third-order valence-electron chi connectivity index (χ3n) is 2.70. The van der Waals surface area contributed by atoms with E-state index in [1.807, 2.05) is 6.07 Å². The fourth-order valence-corrected chi connectivity index (χ4v) is 2.96. The second kappa shape index (κ2) is 7.41. The minimum Gasteiger partial charge on any atom is -0.368 e. The predicted octanol–water partition coefficient (Wildman–Crippen LogP) is 2.35. The molecule has 0 aliphatic heterocycles. The highest BCUT2D eigenvalue weighted by Gasteiger charge is 2.25. The average molecular weight is 403 g/mol. The van der Waals surface area contributed by atoms with Crippen LogP contribution in [0.3, 0.4) is 0 Å². The van der Waals surface area contributed by atoms with Gasteiger partial charge in [0.25, 0.3) is 5.91 Å². The fourth-order valence-electron chi connectivity index (χ4n) is 1.67. The predicted molar refractivity (Wildman–Crippen MR) is 81.7 cm³/mol. The third kappa shape index (κ3) is 4.62. The highest BCUT2D eigenvalue weighted by atomic mass is 79.9. The van der Waals surface area contributed by atoms with Gasteiger partial charge < -0.3 is 11.1 Å². The summed E-state index contributed by atoms with van der Waals surface area (Å²) in [6, 6.07) is 6.14. The zero-order valence-corrected chi connectivity index (χ0v) is 13.9. The second-order valence-electron chi connectivity index (χ2n) is 4.35. The van der Waals surface area contributed by atoms with E-state index < -0.39 is 17.9 Å². The van der Waals surface area contributed by atoms with Crippen molar-refractivity contribution in [2.75, 3.05) is 0 Å². The van der Waals surface area contributed by atoms with Gasteiger partial charge in [-0.25, -0.2) is 0 Å². The topological polar surface area (TPSA) is 96.0 Å². The molecule has 106 valence electrons. The Bertz CT molecular complexity index is 549. The van der Waals surface area contributed by atoms with Crippen molar-refractivity contribution in [2.45, 2.75) is 19.4 Å². The summed E-state index contributed by atoms with van der Waals surface area (Å²) in [5, 5.41) is 11.2. The van der Waals surface area contributed by atoms with Crippen LogP contribution in [0.1, 0.15) is 23.7 Å². The Morgan fingerprint density at radius 3 is 2.35 bits per heavy atom. The number of amides is 2. The first kappa shape index (κ1) is 16.7. The quantitative estimate of drug-likeness (QED) is 0.790. The number of hydrogen-bond donors (Lipinski definition) is 2. The highest BCUT2D eigenvalue weighted by Crippen LogP contribution is 2.20. The van der Waals surface area contributed by atoms with Gasteiger partial charge in [0.1, 0.15) is 6.04 Å². The molecule has 0 saturated heterocycles. The van der Waals surface area contributed by atoms with Crippen molar-refractivity contribution >= 4 is 43.7 Å². The van der Waals surface area contributed by atoms with Crippen molar-refractivity contribution in [1.82, 2.24) is 5.32 Å². The van der Waals surface area contributed by atoms with E-state index in [-0.39, 0.29) is 12.3 Å². The van der Waals surface area contributed by atoms with Crippen molar-refractivity contribution in [3.05, 3.63) is 32.7 Å². The van der Waals surface area contributed by atoms with Crippen molar-refractivity contribution in [1.29, 1.82) is 5.26 Å². The minimum absolute atomic E-state index is 0.135. The largest absolute Gasteiger partial charge is 0.368 e. The Morgan fingerprint density at radius 2 is 1.90 bits per heavy atom. The number of nitrogens with one attached hydrogen (secondary N) is 1. The van der Waals surface area contributed by atoms with Crippen LogP contribution in [0.2, 0.25) is 0 Å². The van der Waals surface area contributed by atoms with Gasteiger partial charge in [-0.1, -0.05) is 38.8 Å². The summed E-state index contributed by atoms with van der Waals surface area (Å²) >= 11 is 6.57. The van der Waals surface area contributed by atoms with Crippen LogP contribution < -0.4 is 11.1 Å². The molecule has 7 heteroatoms. The minimum atomic E-state index is -0.875. The molecule has 1 rings (SSSR count). The molecule has 1 aromatic carbocycles. The summed E-state index contributed by atoms with van der Waals surface area (Å²) in [6.45, 7) is 1.69. The molecule has 0 radical (unpaired) electrons. The van der Waals surface area contributed by atoms with Gasteiger partial charge in [-0.15, -0.1) is 0 Å². The van der Waals surface area contributed by atoms with E-state index in [4.69, 9.17) is 11.0 Å². The SMILES string of the molecule is C[C@@H](CC#N)[C@@H](NC(=O)c1cc(Br)cc(Br)c1)C(N)=O. The van der Waals surface area contributed by atoms with Crippen LogP contribution in [-0.4, -0.2) is 17.9 Å². The van der Waals surface area contributed by atoms with Crippen LogP contribution >= 0.6 is 31.9 Å². The highest BCUT2D eigenvalue weighted by molar-refractivity contribution is 9.11. The molecule has 1 aromatic rings. The normalized spacial score (nSPS) is 13.1. The molecule has 0 bridgehead atoms. The summed E-state index contributed by atoms with van der Waals surface area (Å²) < 4.78 is 1.47. The molecule has 5 nitrogen and oxygen atoms in total. The van der Waals surface area contributed by atoms with E-state index >= 15 is 0 Å². The number of nitrogens with zero attached hydrogens (tertiary/aromatic N) is 1. The Kier molecular flexibility index (Phi) is 6.17. The van der Waals surface area contributed by atoms with Gasteiger partial charge in [-0.2, -0.15) is 5.26 Å². The van der Waals surface area contributed by atoms with Gasteiger partial charge >= 0.3 is 0 Å². The molecule has 0 aliphatic carbocycles. The Hall–Kier alpha value is -1.39. The summed E-state index contributed by atoms with van der Waals surface area (Å²) in [7, 11) is 0. The van der Waals surface area contributed by atoms with Crippen molar-refractivity contribution in [2.24, 2.45) is 11.7 Å². The summed E-state index contributed by atoms with van der Waals surface area (Å²) in [5.74, 6) is -1.42. The number of primary amides is 1. The third-order valence-corrected chi connectivity index (χ3v) is 3.62. The standard InChI is InChI=1S/C13H13Br2N3O2/c1-7(2-3-16)11(12(17)19)18-13(20)8-4-9(14)6-10(15)5-8/h4-7,11H,2H2,1H3,(H2,17,19)(H,18,20)/t7-,11+/m0/s1. The molecule has 3 N–H and O–H groups in total. The first-order valence-electron chi connectivity index (χ1n) is 5.78. The van der Waals surface area contributed by atoms with Crippen LogP contribution in [0, 0.1) is 17.2 Å². The Balaban J connectivity index is 2.91. The van der Waals surface area contributed by atoms with E-state index in [9.17, 15) is 9.59 Å². The van der Waals surface area contributed by atoms with Crippen LogP contribution in [0.25, 0.3) is 0 Å². The van der Waals surface area contributed by atoms with Gasteiger partial charge in [-0.3, -0.25) is 9.59 Å². The first-order chi connectivity index (χ1) is 9.35. The second-order valence-corrected chi connectivity index (χ2v) is 6.18. The lowest BCUT2D eigenvalue weighted by molar-refractivity contribution is -0.120. The Morgan fingerprint density at radius 1 is 1.35 bits per heavy atom. The molecule has 0 heterocycles. The van der Waals surface area contributed by atoms with E-state index in [0.29, 0.717) is 5.56 Å². The summed E-state index contributed by atoms with van der Waals surface area (Å²) in [5.41, 5.74) is 5.66. The smallest absolute Gasteiger partial charge is 0.252 e. The van der Waals surface area contributed by atoms with E-state index in [2.05, 4.69) is 37.2 Å². The monoisotopic (exact) mass is 401 g/mol. The summed E-state index contributed by atoms with van der Waals surface area (Å²) in [6.07, 6.45) is 0.135. The number of carbonyl (C=O) groups is 2. The maximum atomic E-state index is 12.1. The number of hydrogen-bond acceptors (Lipinski definition) is 3. The molecule has 0 unspecified atom stereocenters. The van der Waals surface area contributed by atoms with Gasteiger partial charge in [0.2, 0.25) is 5.91 Å². The van der Waals surface area contributed by atoms with Crippen LogP contribution in [0.4, 0.5) is 0 Å². The van der Waals surface area contributed by atoms with E-state index in [1.165, 1.54) is 0 Å². The van der Waals surface area contributed by atoms with Crippen LogP contribution in [-0.2, 0) is 4.79 Å². The maximum Gasteiger partial charge on any atom is 0.252 e.